The molecule has 0 aromatic heterocycles. The van der Waals surface area contributed by atoms with Gasteiger partial charge in [-0.05, 0) is 19.8 Å². The van der Waals surface area contributed by atoms with Crippen LogP contribution in [0.5, 0.6) is 0 Å². The third-order valence-electron chi connectivity index (χ3n) is 4.16. The molecule has 2 heterocycles. The van der Waals surface area contributed by atoms with E-state index in [1.54, 1.807) is 4.31 Å². The summed E-state index contributed by atoms with van der Waals surface area (Å²) < 4.78 is 28.4. The van der Waals surface area contributed by atoms with Crippen molar-refractivity contribution in [2.75, 3.05) is 19.6 Å². The van der Waals surface area contributed by atoms with Crippen molar-refractivity contribution in [2.24, 2.45) is 11.1 Å². The molecular weight excluding hydrogens is 266 g/mol. The van der Waals surface area contributed by atoms with Gasteiger partial charge in [-0.15, -0.1) is 0 Å². The Balaban J connectivity index is 2.12. The molecule has 2 aliphatic heterocycles. The fraction of sp³-hybridized carbons (Fsp3) is 0.917. The molecule has 2 saturated heterocycles. The van der Waals surface area contributed by atoms with Gasteiger partial charge in [0.15, 0.2) is 0 Å². The first-order valence-corrected chi connectivity index (χ1v) is 8.34. The highest BCUT2D eigenvalue weighted by Crippen LogP contribution is 2.25. The van der Waals surface area contributed by atoms with E-state index in [2.05, 4.69) is 5.16 Å². The Bertz CT molecular complexity index is 449. The Morgan fingerprint density at radius 2 is 2.00 bits per heavy atom. The van der Waals surface area contributed by atoms with Crippen molar-refractivity contribution in [1.29, 1.82) is 0 Å². The van der Waals surface area contributed by atoms with E-state index in [1.807, 2.05) is 13.8 Å². The monoisotopic (exact) mass is 289 g/mol. The van der Waals surface area contributed by atoms with E-state index in [0.29, 0.717) is 31.8 Å². The van der Waals surface area contributed by atoms with E-state index in [4.69, 9.17) is 5.21 Å². The Morgan fingerprint density at radius 3 is 2.58 bits per heavy atom. The van der Waals surface area contributed by atoms with Gasteiger partial charge in [0.25, 0.3) is 10.2 Å². The normalized spacial score (nSPS) is 33.7. The van der Waals surface area contributed by atoms with Crippen LogP contribution in [-0.2, 0) is 10.2 Å². The summed E-state index contributed by atoms with van der Waals surface area (Å²) in [5, 5.41) is 12.1. The molecular formula is C12H23N3O3S. The maximum Gasteiger partial charge on any atom is 0.282 e. The van der Waals surface area contributed by atoms with E-state index in [1.165, 1.54) is 4.31 Å². The van der Waals surface area contributed by atoms with Crippen molar-refractivity contribution < 1.29 is 13.6 Å². The van der Waals surface area contributed by atoms with Gasteiger partial charge < -0.3 is 5.21 Å². The molecule has 0 aromatic rings. The molecule has 0 spiro atoms. The summed E-state index contributed by atoms with van der Waals surface area (Å²) >= 11 is 0. The highest BCUT2D eigenvalue weighted by molar-refractivity contribution is 7.86. The highest BCUT2D eigenvalue weighted by Gasteiger charge is 2.37. The minimum Gasteiger partial charge on any atom is -0.411 e. The predicted molar refractivity (Wildman–Crippen MR) is 73.5 cm³/mol. The van der Waals surface area contributed by atoms with E-state index >= 15 is 0 Å². The van der Waals surface area contributed by atoms with Crippen LogP contribution in [0.4, 0.5) is 0 Å². The molecule has 0 bridgehead atoms. The van der Waals surface area contributed by atoms with Crippen LogP contribution in [0.3, 0.4) is 0 Å². The van der Waals surface area contributed by atoms with Crippen LogP contribution in [0.1, 0.15) is 39.5 Å². The largest absolute Gasteiger partial charge is 0.411 e. The van der Waals surface area contributed by atoms with Gasteiger partial charge in [-0.25, -0.2) is 0 Å². The Kier molecular flexibility index (Phi) is 4.47. The Morgan fingerprint density at radius 1 is 1.26 bits per heavy atom. The van der Waals surface area contributed by atoms with Gasteiger partial charge in [0, 0.05) is 38.0 Å². The van der Waals surface area contributed by atoms with Crippen molar-refractivity contribution in [2.45, 2.75) is 45.6 Å². The molecule has 19 heavy (non-hydrogen) atoms. The van der Waals surface area contributed by atoms with Gasteiger partial charge in [0.1, 0.15) is 0 Å². The number of hydrogen-bond acceptors (Lipinski definition) is 4. The zero-order chi connectivity index (χ0) is 14.0. The summed E-state index contributed by atoms with van der Waals surface area (Å²) in [6.45, 7) is 5.32. The molecule has 6 nitrogen and oxygen atoms in total. The van der Waals surface area contributed by atoms with Crippen molar-refractivity contribution in [1.82, 2.24) is 8.61 Å². The molecule has 0 amide bonds. The lowest BCUT2D eigenvalue weighted by Crippen LogP contribution is -2.53. The zero-order valence-electron chi connectivity index (χ0n) is 11.6. The van der Waals surface area contributed by atoms with Gasteiger partial charge in [-0.2, -0.15) is 17.0 Å². The molecule has 1 N–H and O–H groups in total. The SMILES string of the molecule is CC1CN(S(=O)(=O)N2CCCCC2C)CCC1=NO. The summed E-state index contributed by atoms with van der Waals surface area (Å²) in [7, 11) is -3.37. The average molecular weight is 289 g/mol. The van der Waals surface area contributed by atoms with E-state index in [9.17, 15) is 8.42 Å². The number of oxime groups is 1. The van der Waals surface area contributed by atoms with E-state index < -0.39 is 10.2 Å². The lowest BCUT2D eigenvalue weighted by atomic mass is 10.00. The molecule has 0 radical (unpaired) electrons. The smallest absolute Gasteiger partial charge is 0.282 e. The molecule has 2 rings (SSSR count). The van der Waals surface area contributed by atoms with Gasteiger partial charge >= 0.3 is 0 Å². The maximum absolute atomic E-state index is 12.6. The molecule has 110 valence electrons. The molecule has 7 heteroatoms. The topological polar surface area (TPSA) is 73.2 Å². The highest BCUT2D eigenvalue weighted by atomic mass is 32.2. The van der Waals surface area contributed by atoms with Crippen molar-refractivity contribution in [3.05, 3.63) is 0 Å². The van der Waals surface area contributed by atoms with Crippen LogP contribution >= 0.6 is 0 Å². The first-order chi connectivity index (χ1) is 8.96. The third-order valence-corrected chi connectivity index (χ3v) is 6.28. The van der Waals surface area contributed by atoms with Crippen LogP contribution in [0.2, 0.25) is 0 Å². The average Bonchev–Trinajstić information content (AvgIpc) is 2.39. The summed E-state index contributed by atoms with van der Waals surface area (Å²) in [4.78, 5) is 0. The van der Waals surface area contributed by atoms with Gasteiger partial charge in [-0.3, -0.25) is 0 Å². The van der Waals surface area contributed by atoms with Gasteiger partial charge in [0.05, 0.1) is 5.71 Å². The number of rotatable bonds is 2. The van der Waals surface area contributed by atoms with Crippen LogP contribution in [0, 0.1) is 5.92 Å². The van der Waals surface area contributed by atoms with Crippen LogP contribution in [0.15, 0.2) is 5.16 Å². The molecule has 2 aliphatic rings. The van der Waals surface area contributed by atoms with Gasteiger partial charge in [0.2, 0.25) is 0 Å². The fourth-order valence-corrected chi connectivity index (χ4v) is 4.86. The second-order valence-electron chi connectivity index (χ2n) is 5.56. The van der Waals surface area contributed by atoms with Gasteiger partial charge in [-0.1, -0.05) is 18.5 Å². The maximum atomic E-state index is 12.6. The lowest BCUT2D eigenvalue weighted by molar-refractivity contribution is 0.236. The summed E-state index contributed by atoms with van der Waals surface area (Å²) in [6, 6.07) is 0.0851. The van der Waals surface area contributed by atoms with E-state index in [-0.39, 0.29) is 12.0 Å². The fourth-order valence-electron chi connectivity index (χ4n) is 2.91. The lowest BCUT2D eigenvalue weighted by Gasteiger charge is -2.39. The first-order valence-electron chi connectivity index (χ1n) is 6.94. The molecule has 2 fully saturated rings. The molecule has 2 unspecified atom stereocenters. The standard InChI is InChI=1S/C12H23N3O3S/c1-10-9-14(8-6-12(10)13-16)19(17,18)15-7-4-3-5-11(15)2/h10-11,16H,3-9H2,1-2H3. The molecule has 0 aliphatic carbocycles. The second kappa shape index (κ2) is 5.76. The van der Waals surface area contributed by atoms with Crippen LogP contribution in [0.25, 0.3) is 0 Å². The van der Waals surface area contributed by atoms with Crippen molar-refractivity contribution in [3.8, 4) is 0 Å². The van der Waals surface area contributed by atoms with Crippen molar-refractivity contribution in [3.63, 3.8) is 0 Å². The van der Waals surface area contributed by atoms with Crippen molar-refractivity contribution >= 4 is 15.9 Å². The predicted octanol–water partition coefficient (Wildman–Crippen LogP) is 1.28. The van der Waals surface area contributed by atoms with E-state index in [0.717, 1.165) is 19.3 Å². The molecule has 0 aromatic carbocycles. The number of hydrogen-bond donors (Lipinski definition) is 1. The quantitative estimate of drug-likeness (QED) is 0.614. The van der Waals surface area contributed by atoms with Crippen LogP contribution < -0.4 is 0 Å². The third kappa shape index (κ3) is 2.93. The summed E-state index contributed by atoms with van der Waals surface area (Å²) in [6.07, 6.45) is 3.49. The van der Waals surface area contributed by atoms with Crippen LogP contribution in [-0.4, -0.2) is 53.6 Å². The first kappa shape index (κ1) is 14.7. The summed E-state index contributed by atoms with van der Waals surface area (Å²) in [5.74, 6) is -0.0198. The minimum atomic E-state index is -3.37. The molecule has 0 saturated carbocycles. The Hall–Kier alpha value is -0.660. The summed E-state index contributed by atoms with van der Waals surface area (Å²) in [5.41, 5.74) is 0.693. The number of nitrogens with zero attached hydrogens (tertiary/aromatic N) is 3. The second-order valence-corrected chi connectivity index (χ2v) is 7.44. The zero-order valence-corrected chi connectivity index (χ0v) is 12.4. The number of piperidine rings is 2. The molecule has 2 atom stereocenters. The Labute approximate surface area is 115 Å². The minimum absolute atomic E-state index is 0.0198.